The van der Waals surface area contributed by atoms with E-state index in [1.807, 2.05) is 11.6 Å². The first-order chi connectivity index (χ1) is 69.6. The number of benzene rings is 10. The van der Waals surface area contributed by atoms with E-state index in [1.54, 1.807) is 0 Å². The summed E-state index contributed by atoms with van der Waals surface area (Å²) in [5.74, 6) is 5.16. The quantitative estimate of drug-likeness (QED) is 0.0967. The Labute approximate surface area is 859 Å². The Morgan fingerprint density at radius 1 is 0.262 bits per heavy atom. The molecule has 5 aromatic heterocycles. The van der Waals surface area contributed by atoms with Crippen molar-refractivity contribution >= 4 is 53.9 Å². The Kier molecular flexibility index (Phi) is 29.0. The average molecular weight is 1880 g/mol. The molecule has 0 radical (unpaired) electrons. The first-order valence-electron chi connectivity index (χ1n) is 57.4. The summed E-state index contributed by atoms with van der Waals surface area (Å²) in [6.07, 6.45) is 26.4. The molecule has 0 amide bonds. The van der Waals surface area contributed by atoms with Gasteiger partial charge in [-0.25, -0.2) is 4.57 Å². The van der Waals surface area contributed by atoms with Crippen LogP contribution in [0.2, 0.25) is 0 Å². The van der Waals surface area contributed by atoms with Crippen LogP contribution in [0.1, 0.15) is 410 Å². The van der Waals surface area contributed by atoms with Crippen molar-refractivity contribution in [3.8, 4) is 56.3 Å². The zero-order valence-corrected chi connectivity index (χ0v) is 92.2. The maximum atomic E-state index is 8.87. The van der Waals surface area contributed by atoms with E-state index in [1.165, 1.54) is 301 Å². The van der Waals surface area contributed by atoms with Crippen LogP contribution in [0.3, 0.4) is 0 Å². The maximum Gasteiger partial charge on any atom is 0.220 e. The number of nitrogens with zero attached hydrogens (tertiary/aromatic N) is 5. The van der Waals surface area contributed by atoms with E-state index in [-0.39, 0.29) is 17.0 Å². The second-order valence-electron chi connectivity index (χ2n) is 47.0. The van der Waals surface area contributed by atoms with Gasteiger partial charge in [-0.15, -0.1) is 0 Å². The van der Waals surface area contributed by atoms with Gasteiger partial charge in [0.15, 0.2) is 28.9 Å². The summed E-state index contributed by atoms with van der Waals surface area (Å²) in [5.41, 5.74) is 41.1. The fourth-order valence-electron chi connectivity index (χ4n) is 24.0. The number of pyridine rings is 5. The highest BCUT2D eigenvalue weighted by atomic mass is 15.0. The Hall–Kier alpha value is -10.8. The predicted molar refractivity (Wildman–Crippen MR) is 605 cm³/mol. The van der Waals surface area contributed by atoms with Gasteiger partial charge in [-0.1, -0.05) is 264 Å². The van der Waals surface area contributed by atoms with E-state index in [0.29, 0.717) is 83.5 Å². The van der Waals surface area contributed by atoms with Crippen LogP contribution in [0.15, 0.2) is 200 Å². The third-order valence-electron chi connectivity index (χ3n) is 33.9. The minimum Gasteiger partial charge on any atom is -0.200 e. The van der Waals surface area contributed by atoms with Crippen molar-refractivity contribution in [3.63, 3.8) is 0 Å². The Balaban J connectivity index is 0.000000131. The van der Waals surface area contributed by atoms with E-state index in [4.69, 9.17) is 8.22 Å². The molecule has 0 atom stereocenters. The maximum absolute atomic E-state index is 8.87. The molecule has 0 aliphatic heterocycles. The van der Waals surface area contributed by atoms with E-state index in [2.05, 4.69) is 383 Å². The van der Waals surface area contributed by atoms with Gasteiger partial charge in [-0.3, -0.25) is 0 Å². The number of rotatable bonds is 14. The van der Waals surface area contributed by atoms with Crippen LogP contribution >= 0.6 is 0 Å². The zero-order valence-electron chi connectivity index (χ0n) is 98.2. The van der Waals surface area contributed by atoms with Gasteiger partial charge in [-0.05, 0) is 365 Å². The molecule has 736 valence electrons. The predicted octanol–water partition coefficient (Wildman–Crippen LogP) is 35.4. The molecule has 5 aliphatic carbocycles. The lowest BCUT2D eigenvalue weighted by atomic mass is 9.82. The van der Waals surface area contributed by atoms with Crippen molar-refractivity contribution in [3.05, 3.63) is 323 Å². The van der Waals surface area contributed by atoms with E-state index >= 15 is 0 Å². The van der Waals surface area contributed by atoms with Gasteiger partial charge < -0.3 is 0 Å². The third kappa shape index (κ3) is 22.0. The first-order valence-corrected chi connectivity index (χ1v) is 54.4. The van der Waals surface area contributed by atoms with Crippen LogP contribution in [0, 0.1) is 76.2 Å². The molecule has 0 bridgehead atoms. The molecular formula is C136H172N5+5. The second-order valence-corrected chi connectivity index (χ2v) is 47.0. The summed E-state index contributed by atoms with van der Waals surface area (Å²) in [4.78, 5) is 0. The van der Waals surface area contributed by atoms with E-state index in [9.17, 15) is 0 Å². The molecular weight excluding hydrogens is 1700 g/mol. The Morgan fingerprint density at radius 2 is 0.546 bits per heavy atom. The lowest BCUT2D eigenvalue weighted by Gasteiger charge is -2.22. The Bertz CT molecular complexity index is 7540. The number of aromatic nitrogens is 5. The molecule has 0 unspecified atom stereocenters. The van der Waals surface area contributed by atoms with Crippen LogP contribution in [-0.2, 0) is 46.1 Å². The van der Waals surface area contributed by atoms with Crippen molar-refractivity contribution in [2.75, 3.05) is 0 Å². The molecule has 10 aromatic carbocycles. The summed E-state index contributed by atoms with van der Waals surface area (Å²) in [6.45, 7) is 55.5. The summed E-state index contributed by atoms with van der Waals surface area (Å²) >= 11 is 0. The molecule has 5 nitrogen and oxygen atoms in total. The molecule has 0 spiro atoms. The molecule has 5 fully saturated rings. The Morgan fingerprint density at radius 3 is 0.887 bits per heavy atom. The number of hydrogen-bond donors (Lipinski definition) is 0. The topological polar surface area (TPSA) is 19.4 Å². The van der Waals surface area contributed by atoms with Gasteiger partial charge in [0.25, 0.3) is 0 Å². The highest BCUT2D eigenvalue weighted by Crippen LogP contribution is 2.47. The normalized spacial score (nSPS) is 15.9. The molecule has 5 saturated carbocycles. The van der Waals surface area contributed by atoms with Gasteiger partial charge in [0.2, 0.25) is 28.5 Å². The van der Waals surface area contributed by atoms with Crippen molar-refractivity contribution in [2.45, 2.75) is 366 Å². The largest absolute Gasteiger partial charge is 0.220 e. The molecule has 0 N–H and O–H groups in total. The van der Waals surface area contributed by atoms with Crippen molar-refractivity contribution in [1.29, 1.82) is 0 Å². The molecule has 15 aromatic rings. The van der Waals surface area contributed by atoms with Gasteiger partial charge in [-0.2, -0.15) is 18.3 Å². The minimum atomic E-state index is 0.0988. The SMILES string of the molecule is [2H]c1c(C)[n+](C)c(-c2cc(C(C)(C)C)cc(C)c2C)c2ccc(C3CCCC3)cc12.[2H]c1c(C)[n+](C)c(-c2cc(C(C)(C)C)ccc2C)c2ccc(C3CCCC3)cc12.[2H]c1c(C)[n+](C)c(-c2cc(C(C)C)cc(C)c2C)c2ccc(C3CCCC3)cc12.[2H]c1c(C)[n+](C)c(-c2cc(C(C)C)ccc2C)c2ccc(C3CCCC3)cc12.[2H]c1c([2H])[n+](C)c(-c2cc(C(C)C)cc(C(C)C)c2C)c2ccc(C3CCCC3)cc12. The smallest absolute Gasteiger partial charge is 0.200 e. The van der Waals surface area contributed by atoms with E-state index in [0.717, 1.165) is 60.8 Å². The zero-order chi connectivity index (χ0) is 106. The lowest BCUT2D eigenvalue weighted by Crippen LogP contribution is -2.35. The summed E-state index contributed by atoms with van der Waals surface area (Å²) in [6, 6.07) is 65.2. The van der Waals surface area contributed by atoms with Gasteiger partial charge >= 0.3 is 0 Å². The van der Waals surface area contributed by atoms with Crippen LogP contribution in [0.4, 0.5) is 0 Å². The first kappa shape index (κ1) is 95.1. The fourth-order valence-corrected chi connectivity index (χ4v) is 24.0. The lowest BCUT2D eigenvalue weighted by molar-refractivity contribution is -0.665. The second kappa shape index (κ2) is 43.0. The van der Waals surface area contributed by atoms with Crippen molar-refractivity contribution in [1.82, 2.24) is 0 Å². The van der Waals surface area contributed by atoms with Gasteiger partial charge in [0.05, 0.1) is 56.0 Å². The fraction of sp³-hybridized carbons (Fsp3) is 0.449. The third-order valence-corrected chi connectivity index (χ3v) is 33.9. The van der Waals surface area contributed by atoms with Crippen LogP contribution in [-0.4, -0.2) is 0 Å². The summed E-state index contributed by atoms with van der Waals surface area (Å²) < 4.78 is 63.6. The monoisotopic (exact) mass is 1880 g/mol. The van der Waals surface area contributed by atoms with Crippen molar-refractivity contribution in [2.24, 2.45) is 35.2 Å². The van der Waals surface area contributed by atoms with E-state index < -0.39 is 0 Å². The summed E-state index contributed by atoms with van der Waals surface area (Å²) in [7, 11) is 10.4. The number of hydrogen-bond acceptors (Lipinski definition) is 0. The molecule has 5 aliphatic rings. The molecule has 20 rings (SSSR count). The number of aryl methyl sites for hydroxylation is 4. The van der Waals surface area contributed by atoms with Gasteiger partial charge in [0.1, 0.15) is 36.6 Å². The summed E-state index contributed by atoms with van der Waals surface area (Å²) in [5, 5.41) is 11.2. The van der Waals surface area contributed by atoms with Gasteiger partial charge in [0, 0.05) is 63.5 Å². The highest BCUT2D eigenvalue weighted by molar-refractivity contribution is 5.99. The molecule has 5 heteroatoms. The average Bonchev–Trinajstić information content (AvgIpc) is 1.65. The van der Waals surface area contributed by atoms with Crippen LogP contribution in [0.5, 0.6) is 0 Å². The standard InChI is InChI=1S/2C28H36N.2C27H34N.C26H32N/c1-18-14-24(28(4,5)6)17-26(20(18)3)27-25-13-12-22(21-10-8-9-11-21)16-23(25)15-19(2)29(27)7;1-18(2)24-16-26(19(3)4)20(5)27(17-24)28-25-12-11-22(21-9-7-8-10-21)15-23(25)13-14-29(28)6;1-18-11-13-23(27(3,4)5)17-25(18)26-24-14-12-21(20-9-7-8-10-20)16-22(24)15-19(2)28(26)6;1-17(2)23-13-18(3)20(5)26(16-23)27-25-12-11-22(21-9-7-8-10-21)15-24(25)14-19(4)28(27)6;1-17(2)21-11-10-18(3)25(16-21)26-24-13-12-22(20-8-6-7-9-20)15-23(24)14-19(4)27(26)5/h12-17,21H,8-11H2,1-7H3;11-19,21H,7-10H2,1-6H3;11-17,20H,7-10H2,1-6H3;11-17,21H,7-10H2,1-6H3;10-17,20H,6-9H2,1-5H3/q5*+1/i15D;13D,14D;15D;2*14D. The van der Waals surface area contributed by atoms with Crippen molar-refractivity contribution < 1.29 is 31.1 Å². The molecule has 141 heavy (non-hydrogen) atoms. The van der Waals surface area contributed by atoms with Crippen LogP contribution in [0.25, 0.3) is 110 Å². The molecule has 0 saturated heterocycles. The minimum absolute atomic E-state index is 0.0988. The van der Waals surface area contributed by atoms with Crippen LogP contribution < -0.4 is 22.8 Å². The number of fused-ring (bicyclic) bond motifs is 5. The highest BCUT2D eigenvalue weighted by Gasteiger charge is 2.33. The molecule has 5 heterocycles.